The first-order valence-electron chi connectivity index (χ1n) is 40.4. The van der Waals surface area contributed by atoms with Crippen LogP contribution in [0.4, 0.5) is 0 Å². The van der Waals surface area contributed by atoms with Gasteiger partial charge in [0.05, 0.1) is 40.3 Å². The van der Waals surface area contributed by atoms with Gasteiger partial charge in [-0.25, -0.2) is 0 Å². The maximum Gasteiger partial charge on any atom is 0.306 e. The van der Waals surface area contributed by atoms with Crippen molar-refractivity contribution < 1.29 is 42.9 Å². The van der Waals surface area contributed by atoms with E-state index in [1.54, 1.807) is 0 Å². The van der Waals surface area contributed by atoms with Crippen molar-refractivity contribution in [3.8, 4) is 0 Å². The molecule has 0 saturated heterocycles. The Kier molecular flexibility index (Phi) is 72.9. The van der Waals surface area contributed by atoms with Crippen LogP contribution in [0.2, 0.25) is 0 Å². The van der Waals surface area contributed by atoms with Gasteiger partial charge in [0.25, 0.3) is 0 Å². The van der Waals surface area contributed by atoms with E-state index in [9.17, 15) is 19.5 Å². The Labute approximate surface area is 588 Å². The number of rotatable bonds is 75. The summed E-state index contributed by atoms with van der Waals surface area (Å²) in [4.78, 5) is 37.6. The molecule has 0 bridgehead atoms. The summed E-state index contributed by atoms with van der Waals surface area (Å²) >= 11 is 0. The van der Waals surface area contributed by atoms with Crippen LogP contribution in [0.1, 0.15) is 373 Å². The fourth-order valence-corrected chi connectivity index (χ4v) is 11.7. The minimum Gasteiger partial charge on any atom is -0.545 e. The van der Waals surface area contributed by atoms with Crippen molar-refractivity contribution in [3.63, 3.8) is 0 Å². The van der Waals surface area contributed by atoms with Gasteiger partial charge in [-0.05, 0) is 96.3 Å². The molecule has 0 saturated carbocycles. The van der Waals surface area contributed by atoms with Gasteiger partial charge in [-0.2, -0.15) is 0 Å². The smallest absolute Gasteiger partial charge is 0.306 e. The number of ether oxygens (including phenoxy) is 4. The number of hydrogen-bond acceptors (Lipinski definition) is 8. The van der Waals surface area contributed by atoms with Crippen LogP contribution >= 0.6 is 0 Å². The minimum atomic E-state index is -1.62. The van der Waals surface area contributed by atoms with Crippen LogP contribution in [0, 0.1) is 0 Å². The lowest BCUT2D eigenvalue weighted by atomic mass is 10.0. The second kappa shape index (κ2) is 76.0. The van der Waals surface area contributed by atoms with Crippen LogP contribution < -0.4 is 5.11 Å². The van der Waals surface area contributed by atoms with E-state index in [1.807, 2.05) is 21.1 Å². The molecule has 0 fully saturated rings. The fraction of sp³-hybridized carbons (Fsp3) is 0.779. The van der Waals surface area contributed by atoms with Gasteiger partial charge in [0.2, 0.25) is 0 Å². The number of carboxylic acids is 1. The molecule has 0 aliphatic rings. The highest BCUT2D eigenvalue weighted by molar-refractivity contribution is 5.70. The SMILES string of the molecule is CC/C=C\C/C=C\C/C=C\C/C=C\C/C=C\CCCCCCCCCCCCCCCCCC(=O)OC(COC(=O)CCCCCCCCCCCCCCCCCCCCCCCCCC/C=C\C/C=C\C/C=C\CCCCCCC)COC(OCC[N+](C)(C)C)C(=O)[O-]. The summed E-state index contributed by atoms with van der Waals surface area (Å²) in [6.45, 7) is 4.67. The zero-order valence-corrected chi connectivity index (χ0v) is 63.0. The molecular formula is C86H153NO8. The third-order valence-electron chi connectivity index (χ3n) is 17.8. The molecule has 0 radical (unpaired) electrons. The number of carbonyl (C=O) groups excluding carboxylic acids is 3. The summed E-state index contributed by atoms with van der Waals surface area (Å²) in [5.41, 5.74) is 0. The second-order valence-electron chi connectivity index (χ2n) is 28.3. The van der Waals surface area contributed by atoms with Crippen molar-refractivity contribution in [3.05, 3.63) is 97.2 Å². The zero-order valence-electron chi connectivity index (χ0n) is 63.0. The summed E-state index contributed by atoms with van der Waals surface area (Å²) in [6.07, 6.45) is 102. The van der Waals surface area contributed by atoms with Crippen molar-refractivity contribution in [2.24, 2.45) is 0 Å². The van der Waals surface area contributed by atoms with Crippen LogP contribution in [0.5, 0.6) is 0 Å². The standard InChI is InChI=1S/C86H153NO8/c1-6-8-10-12-14-16-18-20-22-24-26-28-30-32-34-36-38-39-40-41-42-43-44-45-47-48-50-52-54-56-58-60-62-64-66-68-70-72-74-76-83(88)93-80-82(81-94-86(85(90)91)92-79-78-87(3,4)5)95-84(89)77-75-73-71-69-67-65-63-61-59-57-55-53-51-49-46-37-35-33-31-29-27-25-23-21-19-17-15-13-11-9-7-2/h9,11,15,17-18,20-21,23-24,26-27,29-30,32-33,35,82,86H,6-8,10,12-14,16,19,22,25,28,31,34,36-81H2,1-5H3/b11-9-,17-15-,20-18-,23-21-,26-24-,29-27-,32-30-,35-33-. The molecule has 0 amide bonds. The predicted octanol–water partition coefficient (Wildman–Crippen LogP) is 24.6. The van der Waals surface area contributed by atoms with E-state index in [2.05, 4.69) is 111 Å². The van der Waals surface area contributed by atoms with Crippen LogP contribution in [0.15, 0.2) is 97.2 Å². The second-order valence-corrected chi connectivity index (χ2v) is 28.3. The number of nitrogens with zero attached hydrogens (tertiary/aromatic N) is 1. The molecule has 0 aromatic rings. The fourth-order valence-electron chi connectivity index (χ4n) is 11.7. The summed E-state index contributed by atoms with van der Waals surface area (Å²) in [5.74, 6) is -2.26. The molecule has 9 heteroatoms. The summed E-state index contributed by atoms with van der Waals surface area (Å²) in [7, 11) is 5.94. The van der Waals surface area contributed by atoms with Crippen molar-refractivity contribution in [1.29, 1.82) is 0 Å². The molecule has 95 heavy (non-hydrogen) atoms. The number of carbonyl (C=O) groups is 3. The van der Waals surface area contributed by atoms with Crippen molar-refractivity contribution in [2.75, 3.05) is 47.5 Å². The first kappa shape index (κ1) is 91.2. The highest BCUT2D eigenvalue weighted by Crippen LogP contribution is 2.19. The number of unbranched alkanes of at least 4 members (excludes halogenated alkanes) is 44. The lowest BCUT2D eigenvalue weighted by Gasteiger charge is -2.26. The Bertz CT molecular complexity index is 1890. The van der Waals surface area contributed by atoms with Gasteiger partial charge in [-0.3, -0.25) is 9.59 Å². The number of aliphatic carboxylic acids is 1. The van der Waals surface area contributed by atoms with Gasteiger partial charge in [0.15, 0.2) is 12.4 Å². The van der Waals surface area contributed by atoms with E-state index < -0.39 is 24.3 Å². The molecule has 0 aromatic heterocycles. The van der Waals surface area contributed by atoms with E-state index in [1.165, 1.54) is 257 Å². The van der Waals surface area contributed by atoms with Crippen LogP contribution in [-0.4, -0.2) is 82.3 Å². The molecule has 0 spiro atoms. The van der Waals surface area contributed by atoms with E-state index >= 15 is 0 Å². The number of carboxylic acid groups (broad SMARTS) is 1. The molecule has 0 heterocycles. The Morgan fingerprint density at radius 3 is 0.895 bits per heavy atom. The van der Waals surface area contributed by atoms with E-state index in [0.717, 1.165) is 83.5 Å². The highest BCUT2D eigenvalue weighted by atomic mass is 16.7. The monoisotopic (exact) mass is 1330 g/mol. The number of likely N-dealkylation sites (N-methyl/N-ethyl adjacent to an activating group) is 1. The summed E-state index contributed by atoms with van der Waals surface area (Å²) in [6, 6.07) is 0. The average Bonchev–Trinajstić information content (AvgIpc) is 3.24. The highest BCUT2D eigenvalue weighted by Gasteiger charge is 2.22. The van der Waals surface area contributed by atoms with Crippen molar-refractivity contribution in [1.82, 2.24) is 0 Å². The van der Waals surface area contributed by atoms with Gasteiger partial charge in [0, 0.05) is 12.8 Å². The van der Waals surface area contributed by atoms with Crippen molar-refractivity contribution in [2.45, 2.75) is 386 Å². The van der Waals surface area contributed by atoms with Gasteiger partial charge in [-0.15, -0.1) is 0 Å². The third-order valence-corrected chi connectivity index (χ3v) is 17.8. The summed E-state index contributed by atoms with van der Waals surface area (Å²) in [5, 5.41) is 11.9. The average molecular weight is 1330 g/mol. The molecule has 2 atom stereocenters. The number of allylic oxidation sites excluding steroid dienone is 16. The Balaban J connectivity index is 3.98. The molecule has 0 N–H and O–H groups in total. The van der Waals surface area contributed by atoms with Gasteiger partial charge in [-0.1, -0.05) is 361 Å². The predicted molar refractivity (Wildman–Crippen MR) is 407 cm³/mol. The summed E-state index contributed by atoms with van der Waals surface area (Å²) < 4.78 is 22.9. The molecule has 0 rings (SSSR count). The van der Waals surface area contributed by atoms with E-state index in [0.29, 0.717) is 23.9 Å². The minimum absolute atomic E-state index is 0.147. The van der Waals surface area contributed by atoms with Gasteiger partial charge >= 0.3 is 11.9 Å². The number of hydrogen-bond donors (Lipinski definition) is 0. The van der Waals surface area contributed by atoms with Crippen LogP contribution in [0.3, 0.4) is 0 Å². The van der Waals surface area contributed by atoms with Crippen molar-refractivity contribution >= 4 is 17.9 Å². The molecule has 550 valence electrons. The molecule has 9 nitrogen and oxygen atoms in total. The number of quaternary nitrogens is 1. The molecule has 0 aliphatic carbocycles. The topological polar surface area (TPSA) is 111 Å². The lowest BCUT2D eigenvalue weighted by Crippen LogP contribution is -2.44. The van der Waals surface area contributed by atoms with E-state index in [-0.39, 0.29) is 32.2 Å². The third kappa shape index (κ3) is 77.4. The molecular weight excluding hydrogens is 1170 g/mol. The van der Waals surface area contributed by atoms with Gasteiger partial charge in [0.1, 0.15) is 13.2 Å². The first-order chi connectivity index (χ1) is 46.6. The van der Waals surface area contributed by atoms with Gasteiger partial charge < -0.3 is 33.3 Å². The maximum atomic E-state index is 13.0. The molecule has 0 aliphatic heterocycles. The quantitative estimate of drug-likeness (QED) is 0.0195. The number of esters is 2. The van der Waals surface area contributed by atoms with Crippen LogP contribution in [-0.2, 0) is 33.3 Å². The largest absolute Gasteiger partial charge is 0.545 e. The Morgan fingerprint density at radius 2 is 0.600 bits per heavy atom. The van der Waals surface area contributed by atoms with E-state index in [4.69, 9.17) is 18.9 Å². The first-order valence-corrected chi connectivity index (χ1v) is 40.4. The Morgan fingerprint density at radius 1 is 0.326 bits per heavy atom. The maximum absolute atomic E-state index is 13.0. The normalized spacial score (nSPS) is 13.1. The molecule has 2 unspecified atom stereocenters. The Hall–Kier alpha value is -3.79. The van der Waals surface area contributed by atoms with Crippen LogP contribution in [0.25, 0.3) is 0 Å². The zero-order chi connectivity index (χ0) is 69.0. The molecule has 0 aromatic carbocycles. The lowest BCUT2D eigenvalue weighted by molar-refractivity contribution is -0.870.